The predicted octanol–water partition coefficient (Wildman–Crippen LogP) is 1.71. The van der Waals surface area contributed by atoms with E-state index in [9.17, 15) is 9.90 Å². The number of aliphatic hydroxyl groups excluding tert-OH is 1. The van der Waals surface area contributed by atoms with Crippen LogP contribution in [0.25, 0.3) is 10.9 Å². The van der Waals surface area contributed by atoms with Crippen molar-refractivity contribution < 1.29 is 9.52 Å². The van der Waals surface area contributed by atoms with Crippen LogP contribution in [0.4, 0.5) is 0 Å². The van der Waals surface area contributed by atoms with Crippen molar-refractivity contribution in [1.82, 2.24) is 19.4 Å². The fourth-order valence-corrected chi connectivity index (χ4v) is 3.57. The summed E-state index contributed by atoms with van der Waals surface area (Å²) >= 11 is 0. The van der Waals surface area contributed by atoms with Crippen LogP contribution in [0.3, 0.4) is 0 Å². The summed E-state index contributed by atoms with van der Waals surface area (Å²) < 4.78 is 6.98. The molecule has 0 aliphatic carbocycles. The Hall–Kier alpha value is -2.51. The molecular weight excluding hydrogens is 320 g/mol. The van der Waals surface area contributed by atoms with Gasteiger partial charge in [-0.2, -0.15) is 0 Å². The van der Waals surface area contributed by atoms with E-state index in [4.69, 9.17) is 9.40 Å². The number of oxazole rings is 1. The molecule has 25 heavy (non-hydrogen) atoms. The molecule has 0 spiro atoms. The fourth-order valence-electron chi connectivity index (χ4n) is 3.57. The summed E-state index contributed by atoms with van der Waals surface area (Å²) in [6.45, 7) is 1.63. The Morgan fingerprint density at radius 3 is 3.00 bits per heavy atom. The highest BCUT2D eigenvalue weighted by Gasteiger charge is 2.31. The SMILES string of the molecule is O=c1c2ccccc2nc(C2CCCN2Cc2ncco2)n1CCO. The van der Waals surface area contributed by atoms with Gasteiger partial charge in [-0.05, 0) is 31.5 Å². The topological polar surface area (TPSA) is 84.4 Å². The van der Waals surface area contributed by atoms with Gasteiger partial charge >= 0.3 is 0 Å². The highest BCUT2D eigenvalue weighted by Crippen LogP contribution is 2.32. The van der Waals surface area contributed by atoms with E-state index >= 15 is 0 Å². The first-order valence-electron chi connectivity index (χ1n) is 8.50. The molecule has 1 N–H and O–H groups in total. The summed E-state index contributed by atoms with van der Waals surface area (Å²) in [6, 6.07) is 7.36. The van der Waals surface area contributed by atoms with Crippen LogP contribution in [0.2, 0.25) is 0 Å². The molecule has 4 rings (SSSR count). The lowest BCUT2D eigenvalue weighted by atomic mass is 10.1. The number of hydrogen-bond donors (Lipinski definition) is 1. The second-order valence-electron chi connectivity index (χ2n) is 6.22. The van der Waals surface area contributed by atoms with Crippen LogP contribution < -0.4 is 5.56 Å². The minimum absolute atomic E-state index is 0.00996. The van der Waals surface area contributed by atoms with Crippen molar-refractivity contribution in [2.75, 3.05) is 13.2 Å². The molecule has 3 aromatic rings. The maximum atomic E-state index is 12.9. The lowest BCUT2D eigenvalue weighted by molar-refractivity contribution is 0.205. The molecule has 0 saturated carbocycles. The van der Waals surface area contributed by atoms with Crippen molar-refractivity contribution >= 4 is 10.9 Å². The normalized spacial score (nSPS) is 18.2. The van der Waals surface area contributed by atoms with Gasteiger partial charge in [0, 0.05) is 0 Å². The van der Waals surface area contributed by atoms with Gasteiger partial charge in [0.25, 0.3) is 5.56 Å². The quantitative estimate of drug-likeness (QED) is 0.761. The average molecular weight is 340 g/mol. The Kier molecular flexibility index (Phi) is 4.33. The number of rotatable bonds is 5. The number of fused-ring (bicyclic) bond motifs is 1. The van der Waals surface area contributed by atoms with E-state index in [1.807, 2.05) is 18.2 Å². The van der Waals surface area contributed by atoms with Gasteiger partial charge in [0.2, 0.25) is 5.89 Å². The first-order chi connectivity index (χ1) is 12.3. The van der Waals surface area contributed by atoms with E-state index in [2.05, 4.69) is 9.88 Å². The van der Waals surface area contributed by atoms with Crippen LogP contribution in [0, 0.1) is 0 Å². The third-order valence-corrected chi connectivity index (χ3v) is 4.70. The van der Waals surface area contributed by atoms with Crippen molar-refractivity contribution in [3.05, 3.63) is 58.8 Å². The van der Waals surface area contributed by atoms with Crippen LogP contribution in [0.1, 0.15) is 30.6 Å². The Morgan fingerprint density at radius 2 is 2.20 bits per heavy atom. The molecule has 130 valence electrons. The first-order valence-corrected chi connectivity index (χ1v) is 8.50. The Labute approximate surface area is 144 Å². The van der Waals surface area contributed by atoms with Crippen molar-refractivity contribution in [2.24, 2.45) is 0 Å². The van der Waals surface area contributed by atoms with Gasteiger partial charge in [0.1, 0.15) is 12.1 Å². The van der Waals surface area contributed by atoms with Gasteiger partial charge in [0.15, 0.2) is 0 Å². The van der Waals surface area contributed by atoms with Crippen LogP contribution >= 0.6 is 0 Å². The number of benzene rings is 1. The molecule has 0 bridgehead atoms. The summed E-state index contributed by atoms with van der Waals surface area (Å²) in [5.74, 6) is 1.37. The van der Waals surface area contributed by atoms with E-state index in [1.54, 1.807) is 23.1 Å². The number of hydrogen-bond acceptors (Lipinski definition) is 6. The Balaban J connectivity index is 1.78. The second-order valence-corrected chi connectivity index (χ2v) is 6.22. The molecule has 1 unspecified atom stereocenters. The second kappa shape index (κ2) is 6.78. The molecule has 1 aliphatic heterocycles. The van der Waals surface area contributed by atoms with Crippen LogP contribution in [-0.2, 0) is 13.1 Å². The number of para-hydroxylation sites is 1. The van der Waals surface area contributed by atoms with Crippen molar-refractivity contribution in [1.29, 1.82) is 0 Å². The minimum Gasteiger partial charge on any atom is -0.448 e. The van der Waals surface area contributed by atoms with Crippen molar-refractivity contribution in [3.8, 4) is 0 Å². The molecule has 1 aromatic carbocycles. The lowest BCUT2D eigenvalue weighted by Gasteiger charge is -2.25. The zero-order valence-electron chi connectivity index (χ0n) is 13.8. The summed E-state index contributed by atoms with van der Waals surface area (Å²) in [4.78, 5) is 24.1. The molecule has 2 aromatic heterocycles. The van der Waals surface area contributed by atoms with Gasteiger partial charge in [0.05, 0.1) is 42.8 Å². The molecule has 0 radical (unpaired) electrons. The predicted molar refractivity (Wildman–Crippen MR) is 92.0 cm³/mol. The number of aliphatic hydroxyl groups is 1. The third-order valence-electron chi connectivity index (χ3n) is 4.70. The van der Waals surface area contributed by atoms with E-state index in [0.717, 1.165) is 19.4 Å². The molecule has 1 atom stereocenters. The molecule has 0 amide bonds. The molecule has 3 heterocycles. The van der Waals surface area contributed by atoms with E-state index < -0.39 is 0 Å². The number of likely N-dealkylation sites (tertiary alicyclic amines) is 1. The average Bonchev–Trinajstić information content (AvgIpc) is 3.30. The highest BCUT2D eigenvalue weighted by atomic mass is 16.3. The van der Waals surface area contributed by atoms with Gasteiger partial charge in [-0.15, -0.1) is 0 Å². The Bertz CT molecular complexity index is 920. The number of nitrogens with zero attached hydrogens (tertiary/aromatic N) is 4. The highest BCUT2D eigenvalue weighted by molar-refractivity contribution is 5.77. The van der Waals surface area contributed by atoms with Gasteiger partial charge in [-0.3, -0.25) is 14.3 Å². The Morgan fingerprint density at radius 1 is 1.32 bits per heavy atom. The van der Waals surface area contributed by atoms with Crippen molar-refractivity contribution in [3.63, 3.8) is 0 Å². The number of aromatic nitrogens is 3. The van der Waals surface area contributed by atoms with E-state index in [-0.39, 0.29) is 24.8 Å². The van der Waals surface area contributed by atoms with Gasteiger partial charge in [-0.25, -0.2) is 9.97 Å². The third kappa shape index (κ3) is 2.96. The van der Waals surface area contributed by atoms with Crippen molar-refractivity contribution in [2.45, 2.75) is 32.0 Å². The summed E-state index contributed by atoms with van der Waals surface area (Å²) in [5, 5.41) is 10.0. The monoisotopic (exact) mass is 340 g/mol. The standard InChI is InChI=1S/C18H20N4O3/c23-10-9-22-17(20-14-5-2-1-4-13(14)18(22)24)15-6-3-8-21(15)12-16-19-7-11-25-16/h1-2,4-5,7,11,15,23H,3,6,8-10,12H2. The van der Waals surface area contributed by atoms with Crippen LogP contribution in [0.5, 0.6) is 0 Å². The fraction of sp³-hybridized carbons (Fsp3) is 0.389. The summed E-state index contributed by atoms with van der Waals surface area (Å²) in [5.41, 5.74) is 0.595. The summed E-state index contributed by atoms with van der Waals surface area (Å²) in [7, 11) is 0. The molecule has 1 fully saturated rings. The minimum atomic E-state index is -0.0994. The molecule has 7 heteroatoms. The molecule has 1 aliphatic rings. The van der Waals surface area contributed by atoms with Gasteiger partial charge < -0.3 is 9.52 Å². The maximum Gasteiger partial charge on any atom is 0.261 e. The summed E-state index contributed by atoms with van der Waals surface area (Å²) in [6.07, 6.45) is 5.14. The van der Waals surface area contributed by atoms with Gasteiger partial charge in [-0.1, -0.05) is 12.1 Å². The molecular formula is C18H20N4O3. The maximum absolute atomic E-state index is 12.9. The van der Waals surface area contributed by atoms with Crippen LogP contribution in [-0.4, -0.2) is 37.7 Å². The zero-order chi connectivity index (χ0) is 17.2. The van der Waals surface area contributed by atoms with E-state index in [0.29, 0.717) is 29.2 Å². The largest absolute Gasteiger partial charge is 0.448 e. The van der Waals surface area contributed by atoms with Crippen LogP contribution in [0.15, 0.2) is 45.9 Å². The lowest BCUT2D eigenvalue weighted by Crippen LogP contribution is -2.33. The zero-order valence-corrected chi connectivity index (χ0v) is 13.8. The molecule has 7 nitrogen and oxygen atoms in total. The smallest absolute Gasteiger partial charge is 0.261 e. The first kappa shape index (κ1) is 16.0. The van der Waals surface area contributed by atoms with E-state index in [1.165, 1.54) is 0 Å². The molecule has 1 saturated heterocycles.